The summed E-state index contributed by atoms with van der Waals surface area (Å²) in [6.45, 7) is 5.65. The summed E-state index contributed by atoms with van der Waals surface area (Å²) in [5.41, 5.74) is 3.16. The number of anilines is 1. The first-order valence-electron chi connectivity index (χ1n) is 9.01. The van der Waals surface area contributed by atoms with E-state index < -0.39 is 0 Å². The summed E-state index contributed by atoms with van der Waals surface area (Å²) in [4.78, 5) is 17.5. The van der Waals surface area contributed by atoms with E-state index in [2.05, 4.69) is 41.1 Å². The van der Waals surface area contributed by atoms with Gasteiger partial charge in [-0.25, -0.2) is 4.68 Å². The summed E-state index contributed by atoms with van der Waals surface area (Å²) in [7, 11) is 0. The van der Waals surface area contributed by atoms with Crippen LogP contribution in [0, 0.1) is 6.92 Å². The zero-order chi connectivity index (χ0) is 18.8. The van der Waals surface area contributed by atoms with Crippen molar-refractivity contribution in [1.82, 2.24) is 14.8 Å². The Balaban J connectivity index is 1.67. The first-order valence-corrected chi connectivity index (χ1v) is 9.01. The summed E-state index contributed by atoms with van der Waals surface area (Å²) in [5.74, 6) is 0.597. The zero-order valence-electron chi connectivity index (χ0n) is 15.5. The zero-order valence-corrected chi connectivity index (χ0v) is 15.5. The number of nitrogens with zero attached hydrogens (tertiary/aromatic N) is 4. The highest BCUT2D eigenvalue weighted by molar-refractivity contribution is 5.91. The summed E-state index contributed by atoms with van der Waals surface area (Å²) in [6.07, 6.45) is 3.45. The van der Waals surface area contributed by atoms with Crippen LogP contribution in [0.2, 0.25) is 0 Å². The standard InChI is InChI=1S/C20H22N4O3/c1-14-3-5-16(6-4-14)24-19-11-21-8-7-18(19)20(22-24)23-9-10-26-17(12-23)13-27-15(2)25/h3-8,11,17H,9-10,12-13H2,1-2H3. The predicted octanol–water partition coefficient (Wildman–Crippen LogP) is 2.50. The van der Waals surface area contributed by atoms with E-state index in [1.807, 2.05) is 16.9 Å². The maximum absolute atomic E-state index is 11.1. The largest absolute Gasteiger partial charge is 0.463 e. The topological polar surface area (TPSA) is 69.5 Å². The van der Waals surface area contributed by atoms with Crippen LogP contribution in [0.25, 0.3) is 16.6 Å². The molecule has 1 aromatic carbocycles. The van der Waals surface area contributed by atoms with Crippen molar-refractivity contribution in [3.63, 3.8) is 0 Å². The third kappa shape index (κ3) is 3.64. The molecule has 0 spiro atoms. The highest BCUT2D eigenvalue weighted by atomic mass is 16.6. The number of aryl methyl sites for hydroxylation is 1. The van der Waals surface area contributed by atoms with Crippen LogP contribution in [0.15, 0.2) is 42.7 Å². The molecule has 7 nitrogen and oxygen atoms in total. The summed E-state index contributed by atoms with van der Waals surface area (Å²) >= 11 is 0. The van der Waals surface area contributed by atoms with E-state index in [1.165, 1.54) is 12.5 Å². The molecular weight excluding hydrogens is 344 g/mol. The molecule has 1 aliphatic rings. The number of carbonyl (C=O) groups is 1. The van der Waals surface area contributed by atoms with Gasteiger partial charge in [0.2, 0.25) is 0 Å². The van der Waals surface area contributed by atoms with Crippen molar-refractivity contribution in [2.75, 3.05) is 31.2 Å². The second-order valence-electron chi connectivity index (χ2n) is 6.71. The van der Waals surface area contributed by atoms with E-state index in [0.29, 0.717) is 13.2 Å². The van der Waals surface area contributed by atoms with Gasteiger partial charge in [0.25, 0.3) is 0 Å². The second kappa shape index (κ2) is 7.36. The van der Waals surface area contributed by atoms with Crippen LogP contribution in [0.4, 0.5) is 5.82 Å². The number of ether oxygens (including phenoxy) is 2. The molecule has 2 aromatic heterocycles. The van der Waals surface area contributed by atoms with Gasteiger partial charge < -0.3 is 14.4 Å². The smallest absolute Gasteiger partial charge is 0.302 e. The van der Waals surface area contributed by atoms with E-state index >= 15 is 0 Å². The molecule has 4 rings (SSSR count). The van der Waals surface area contributed by atoms with Crippen molar-refractivity contribution < 1.29 is 14.3 Å². The number of carbonyl (C=O) groups excluding carboxylic acids is 1. The maximum Gasteiger partial charge on any atom is 0.302 e. The third-order valence-electron chi connectivity index (χ3n) is 4.65. The van der Waals surface area contributed by atoms with Crippen molar-refractivity contribution in [1.29, 1.82) is 0 Å². The Bertz CT molecular complexity index is 952. The average Bonchev–Trinajstić information content (AvgIpc) is 3.07. The van der Waals surface area contributed by atoms with Crippen LogP contribution in [0.3, 0.4) is 0 Å². The van der Waals surface area contributed by atoms with Gasteiger partial charge in [0.05, 0.1) is 24.0 Å². The van der Waals surface area contributed by atoms with Crippen molar-refractivity contribution in [3.8, 4) is 5.69 Å². The lowest BCUT2D eigenvalue weighted by molar-refractivity contribution is -0.145. The molecule has 1 unspecified atom stereocenters. The highest BCUT2D eigenvalue weighted by Crippen LogP contribution is 2.29. The lowest BCUT2D eigenvalue weighted by Crippen LogP contribution is -2.45. The lowest BCUT2D eigenvalue weighted by Gasteiger charge is -2.32. The molecule has 0 N–H and O–H groups in total. The molecule has 0 bridgehead atoms. The molecule has 1 fully saturated rings. The summed E-state index contributed by atoms with van der Waals surface area (Å²) in [5, 5.41) is 5.92. The Kier molecular flexibility index (Phi) is 4.77. The Hall–Kier alpha value is -2.93. The van der Waals surface area contributed by atoms with Crippen LogP contribution in [-0.4, -0.2) is 53.1 Å². The minimum absolute atomic E-state index is 0.163. The predicted molar refractivity (Wildman–Crippen MR) is 102 cm³/mol. The SMILES string of the molecule is CC(=O)OCC1CN(c2nn(-c3ccc(C)cc3)c3cnccc23)CCO1. The van der Waals surface area contributed by atoms with Gasteiger partial charge in [-0.2, -0.15) is 0 Å². The Morgan fingerprint density at radius 3 is 2.89 bits per heavy atom. The van der Waals surface area contributed by atoms with Crippen molar-refractivity contribution in [3.05, 3.63) is 48.3 Å². The van der Waals surface area contributed by atoms with Crippen molar-refractivity contribution in [2.45, 2.75) is 20.0 Å². The molecule has 3 heterocycles. The fourth-order valence-corrected chi connectivity index (χ4v) is 3.29. The Morgan fingerprint density at radius 2 is 2.11 bits per heavy atom. The molecule has 140 valence electrons. The van der Waals surface area contributed by atoms with E-state index in [0.717, 1.165) is 29.0 Å². The summed E-state index contributed by atoms with van der Waals surface area (Å²) in [6, 6.07) is 10.2. The number of morpholine rings is 1. The molecule has 0 saturated carbocycles. The van der Waals surface area contributed by atoms with Crippen LogP contribution < -0.4 is 4.90 Å². The fourth-order valence-electron chi connectivity index (χ4n) is 3.29. The van der Waals surface area contributed by atoms with Gasteiger partial charge in [0.15, 0.2) is 5.82 Å². The van der Waals surface area contributed by atoms with Gasteiger partial charge in [0, 0.05) is 31.6 Å². The molecule has 1 aliphatic heterocycles. The molecule has 1 atom stereocenters. The van der Waals surface area contributed by atoms with Crippen molar-refractivity contribution in [2.24, 2.45) is 0 Å². The molecule has 0 amide bonds. The van der Waals surface area contributed by atoms with E-state index in [1.54, 1.807) is 6.20 Å². The lowest BCUT2D eigenvalue weighted by atomic mass is 10.2. The van der Waals surface area contributed by atoms with Gasteiger partial charge in [0.1, 0.15) is 12.7 Å². The van der Waals surface area contributed by atoms with Gasteiger partial charge in [-0.1, -0.05) is 17.7 Å². The molecule has 1 saturated heterocycles. The summed E-state index contributed by atoms with van der Waals surface area (Å²) < 4.78 is 12.8. The minimum atomic E-state index is -0.295. The number of benzene rings is 1. The van der Waals surface area contributed by atoms with Crippen LogP contribution >= 0.6 is 0 Å². The number of aromatic nitrogens is 3. The van der Waals surface area contributed by atoms with Gasteiger partial charge >= 0.3 is 5.97 Å². The van der Waals surface area contributed by atoms with Crippen LogP contribution in [-0.2, 0) is 14.3 Å². The highest BCUT2D eigenvalue weighted by Gasteiger charge is 2.25. The normalized spacial score (nSPS) is 17.3. The third-order valence-corrected chi connectivity index (χ3v) is 4.65. The number of rotatable bonds is 4. The van der Waals surface area contributed by atoms with Crippen LogP contribution in [0.5, 0.6) is 0 Å². The first-order chi connectivity index (χ1) is 13.1. The first kappa shape index (κ1) is 17.5. The number of pyridine rings is 1. The van der Waals surface area contributed by atoms with Gasteiger partial charge in [-0.05, 0) is 25.1 Å². The molecule has 3 aromatic rings. The number of fused-ring (bicyclic) bond motifs is 1. The van der Waals surface area contributed by atoms with Crippen LogP contribution in [0.1, 0.15) is 12.5 Å². The molecule has 0 radical (unpaired) electrons. The molecule has 27 heavy (non-hydrogen) atoms. The average molecular weight is 366 g/mol. The monoisotopic (exact) mass is 366 g/mol. The van der Waals surface area contributed by atoms with Crippen molar-refractivity contribution >= 4 is 22.7 Å². The molecular formula is C20H22N4O3. The number of esters is 1. The van der Waals surface area contributed by atoms with E-state index in [4.69, 9.17) is 14.6 Å². The minimum Gasteiger partial charge on any atom is -0.463 e. The second-order valence-corrected chi connectivity index (χ2v) is 6.71. The quantitative estimate of drug-likeness (QED) is 0.661. The van der Waals surface area contributed by atoms with E-state index in [-0.39, 0.29) is 18.7 Å². The maximum atomic E-state index is 11.1. The number of hydrogen-bond donors (Lipinski definition) is 0. The number of hydrogen-bond acceptors (Lipinski definition) is 6. The van der Waals surface area contributed by atoms with Gasteiger partial charge in [-0.15, -0.1) is 5.10 Å². The van der Waals surface area contributed by atoms with E-state index in [9.17, 15) is 4.79 Å². The Morgan fingerprint density at radius 1 is 1.30 bits per heavy atom. The molecule has 0 aliphatic carbocycles. The van der Waals surface area contributed by atoms with Gasteiger partial charge in [-0.3, -0.25) is 9.78 Å². The fraction of sp³-hybridized carbons (Fsp3) is 0.350. The Labute approximate surface area is 157 Å². The molecule has 7 heteroatoms.